The van der Waals surface area contributed by atoms with Gasteiger partial charge in [0.1, 0.15) is 19.3 Å². The van der Waals surface area contributed by atoms with Crippen LogP contribution in [0.4, 0.5) is 0 Å². The number of aliphatic imine (C=N–C) groups is 1. The van der Waals surface area contributed by atoms with Crippen molar-refractivity contribution in [3.8, 4) is 6.07 Å². The van der Waals surface area contributed by atoms with Gasteiger partial charge in [0.15, 0.2) is 6.29 Å². The second-order valence-corrected chi connectivity index (χ2v) is 14.0. The van der Waals surface area contributed by atoms with Crippen LogP contribution >= 0.6 is 0 Å². The van der Waals surface area contributed by atoms with Gasteiger partial charge in [-0.1, -0.05) is 6.92 Å². The van der Waals surface area contributed by atoms with Gasteiger partial charge in [-0.15, -0.1) is 0 Å². The Kier molecular flexibility index (Phi) is 7.85. The summed E-state index contributed by atoms with van der Waals surface area (Å²) >= 11 is 0. The lowest BCUT2D eigenvalue weighted by Crippen LogP contribution is -2.69. The third-order valence-corrected chi connectivity index (χ3v) is 12.4. The molecule has 2 aliphatic heterocycles. The molecule has 0 aromatic heterocycles. The molecular weight excluding hydrogens is 540 g/mol. The Morgan fingerprint density at radius 3 is 2.67 bits per heavy atom. The number of esters is 1. The maximum absolute atomic E-state index is 12.6. The predicted molar refractivity (Wildman–Crippen MR) is 151 cm³/mol. The molecule has 3 N–H and O–H groups in total. The number of aliphatic hydroxyl groups excluding tert-OH is 1. The van der Waals surface area contributed by atoms with E-state index in [1.54, 1.807) is 13.2 Å². The molecule has 4 saturated carbocycles. The Bertz CT molecular complexity index is 1170. The molecule has 0 amide bonds. The first kappa shape index (κ1) is 30.2. The van der Waals surface area contributed by atoms with Crippen molar-refractivity contribution in [1.82, 2.24) is 0 Å². The first-order valence-corrected chi connectivity index (χ1v) is 15.7. The molecule has 6 rings (SSSR count). The minimum atomic E-state index is -1.10. The normalized spacial score (nSPS) is 50.4. The van der Waals surface area contributed by atoms with E-state index < -0.39 is 35.1 Å². The summed E-state index contributed by atoms with van der Waals surface area (Å²) in [6, 6.07) is 2.11. The number of cyclic esters (lactones) is 1. The molecule has 1 saturated heterocycles. The van der Waals surface area contributed by atoms with Gasteiger partial charge in [0.2, 0.25) is 0 Å². The summed E-state index contributed by atoms with van der Waals surface area (Å²) < 4.78 is 23.1. The second kappa shape index (κ2) is 10.9. The fraction of sp³-hybridized carbons (Fsp3) is 0.844. The second-order valence-electron chi connectivity index (χ2n) is 14.0. The van der Waals surface area contributed by atoms with Crippen LogP contribution in [0.3, 0.4) is 0 Å². The van der Waals surface area contributed by atoms with E-state index in [1.165, 1.54) is 0 Å². The summed E-state index contributed by atoms with van der Waals surface area (Å²) in [5, 5.41) is 44.7. The molecule has 0 aromatic rings. The van der Waals surface area contributed by atoms with E-state index in [2.05, 4.69) is 18.0 Å². The highest BCUT2D eigenvalue weighted by atomic mass is 16.7. The van der Waals surface area contributed by atoms with Crippen molar-refractivity contribution in [3.63, 3.8) is 0 Å². The van der Waals surface area contributed by atoms with Crippen LogP contribution in [-0.2, 0) is 23.7 Å². The topological polar surface area (TPSA) is 151 Å². The smallest absolute Gasteiger partial charge is 0.331 e. The van der Waals surface area contributed by atoms with Crippen LogP contribution in [0.1, 0.15) is 78.1 Å². The Hall–Kier alpha value is -1.87. The third-order valence-electron chi connectivity index (χ3n) is 12.4. The first-order chi connectivity index (χ1) is 20.0. The van der Waals surface area contributed by atoms with Gasteiger partial charge in [-0.25, -0.2) is 4.79 Å². The van der Waals surface area contributed by atoms with Crippen LogP contribution in [-0.4, -0.2) is 89.7 Å². The molecule has 6 aliphatic rings. The summed E-state index contributed by atoms with van der Waals surface area (Å²) in [6.45, 7) is 4.32. The molecular formula is C32H46N2O8. The summed E-state index contributed by atoms with van der Waals surface area (Å²) in [7, 11) is 1.58. The van der Waals surface area contributed by atoms with Gasteiger partial charge in [-0.2, -0.15) is 5.26 Å². The maximum atomic E-state index is 12.6. The SMILES string of the molecule is CO[C@@H]1C[C@H](O[C@@H]2CC[C@]3(C=NCC#N)[C@H]4CC[C@]5(C)[C@H](C6=CC(=O)OC6)CC[C@]5(O)[C@@H]4CC[C@]3(O)C2)O[C@H](C)[C@H]1O. The van der Waals surface area contributed by atoms with E-state index >= 15 is 0 Å². The van der Waals surface area contributed by atoms with Crippen LogP contribution in [0.2, 0.25) is 0 Å². The zero-order valence-corrected chi connectivity index (χ0v) is 25.0. The van der Waals surface area contributed by atoms with E-state index in [4.69, 9.17) is 18.9 Å². The molecule has 0 radical (unpaired) electrons. The Labute approximate surface area is 248 Å². The minimum absolute atomic E-state index is 0.00544. The van der Waals surface area contributed by atoms with Crippen LogP contribution < -0.4 is 0 Å². The van der Waals surface area contributed by atoms with Crippen molar-refractivity contribution in [2.75, 3.05) is 20.3 Å². The van der Waals surface area contributed by atoms with Gasteiger partial charge in [0.05, 0.1) is 35.6 Å². The standard InChI is InChI=1S/C32H46N2O8/c1-19-28(36)25(39-3)15-27(41-19)42-21-4-9-30(18-34-13-12-33)23-5-8-29(2)22(20-14-26(35)40-17-20)7-11-32(29,38)24(23)6-10-31(30,37)16-21/h14,18-19,21-25,27-28,36-38H,4-11,13,15-17H2,1-3H3/t19-,21-,22+,23+,24-,25-,27+,28-,29-,30+,31+,32+/m1/s1. The molecule has 10 nitrogen and oxygen atoms in total. The van der Waals surface area contributed by atoms with Crippen LogP contribution in [0.25, 0.3) is 0 Å². The van der Waals surface area contributed by atoms with Crippen molar-refractivity contribution in [2.24, 2.45) is 33.6 Å². The number of rotatable bonds is 6. The third kappa shape index (κ3) is 4.50. The van der Waals surface area contributed by atoms with Gasteiger partial charge in [-0.3, -0.25) is 4.99 Å². The molecule has 42 heavy (non-hydrogen) atoms. The number of carbonyl (C=O) groups excluding carboxylic acids is 1. The molecule has 0 aromatic carbocycles. The van der Waals surface area contributed by atoms with E-state index in [-0.39, 0.29) is 47.9 Å². The monoisotopic (exact) mass is 586 g/mol. The lowest BCUT2D eigenvalue weighted by molar-refractivity contribution is -0.284. The number of carbonyl (C=O) groups is 1. The predicted octanol–water partition coefficient (Wildman–Crippen LogP) is 2.83. The number of aliphatic hydroxyl groups is 3. The Morgan fingerprint density at radius 1 is 1.17 bits per heavy atom. The van der Waals surface area contributed by atoms with Crippen LogP contribution in [0.15, 0.2) is 16.6 Å². The lowest BCUT2D eigenvalue weighted by Gasteiger charge is -2.66. The van der Waals surface area contributed by atoms with Crippen molar-refractivity contribution in [2.45, 2.75) is 120 Å². The molecule has 4 aliphatic carbocycles. The Balaban J connectivity index is 1.26. The lowest BCUT2D eigenvalue weighted by atomic mass is 9.41. The van der Waals surface area contributed by atoms with Crippen LogP contribution in [0, 0.1) is 39.9 Å². The van der Waals surface area contributed by atoms with E-state index in [1.807, 2.05) is 13.1 Å². The van der Waals surface area contributed by atoms with Crippen molar-refractivity contribution >= 4 is 12.2 Å². The largest absolute Gasteiger partial charge is 0.458 e. The number of fused-ring (bicyclic) bond motifs is 5. The van der Waals surface area contributed by atoms with Crippen molar-refractivity contribution in [1.29, 1.82) is 5.26 Å². The zero-order chi connectivity index (χ0) is 29.9. The fourth-order valence-corrected chi connectivity index (χ4v) is 10.3. The fourth-order valence-electron chi connectivity index (χ4n) is 10.3. The summed E-state index contributed by atoms with van der Waals surface area (Å²) in [6.07, 6.45) is 7.57. The van der Waals surface area contributed by atoms with Gasteiger partial charge in [0.25, 0.3) is 0 Å². The molecule has 232 valence electrons. The minimum Gasteiger partial charge on any atom is -0.458 e. The summed E-state index contributed by atoms with van der Waals surface area (Å²) in [4.78, 5) is 16.4. The van der Waals surface area contributed by atoms with Gasteiger partial charge >= 0.3 is 5.97 Å². The molecule has 0 unspecified atom stereocenters. The highest BCUT2D eigenvalue weighted by Gasteiger charge is 2.71. The molecule has 12 atom stereocenters. The van der Waals surface area contributed by atoms with Gasteiger partial charge in [-0.05, 0) is 81.6 Å². The molecule has 0 spiro atoms. The highest BCUT2D eigenvalue weighted by Crippen LogP contribution is 2.70. The van der Waals surface area contributed by atoms with Crippen molar-refractivity contribution < 1.29 is 39.1 Å². The molecule has 2 heterocycles. The number of nitriles is 1. The zero-order valence-electron chi connectivity index (χ0n) is 25.0. The van der Waals surface area contributed by atoms with Crippen LogP contribution in [0.5, 0.6) is 0 Å². The number of nitrogens with zero attached hydrogens (tertiary/aromatic N) is 2. The average Bonchev–Trinajstić information content (AvgIpc) is 3.50. The van der Waals surface area contributed by atoms with E-state index in [0.29, 0.717) is 51.6 Å². The molecule has 5 fully saturated rings. The number of methoxy groups -OCH3 is 1. The highest BCUT2D eigenvalue weighted by molar-refractivity contribution is 5.85. The summed E-state index contributed by atoms with van der Waals surface area (Å²) in [5.41, 5.74) is -2.10. The van der Waals surface area contributed by atoms with Crippen molar-refractivity contribution in [3.05, 3.63) is 11.6 Å². The number of hydrogen-bond donors (Lipinski definition) is 3. The maximum Gasteiger partial charge on any atom is 0.331 e. The number of ether oxygens (including phenoxy) is 4. The Morgan fingerprint density at radius 2 is 1.95 bits per heavy atom. The molecule has 10 heteroatoms. The van der Waals surface area contributed by atoms with E-state index in [0.717, 1.165) is 24.8 Å². The first-order valence-electron chi connectivity index (χ1n) is 15.7. The summed E-state index contributed by atoms with van der Waals surface area (Å²) in [5.74, 6) is -0.229. The average molecular weight is 587 g/mol. The quantitative estimate of drug-likeness (QED) is 0.185. The molecule has 0 bridgehead atoms. The van der Waals surface area contributed by atoms with Gasteiger partial charge in [0, 0.05) is 43.1 Å². The van der Waals surface area contributed by atoms with Gasteiger partial charge < -0.3 is 34.3 Å². The number of hydrogen-bond acceptors (Lipinski definition) is 10. The van der Waals surface area contributed by atoms with E-state index in [9.17, 15) is 25.4 Å².